The topological polar surface area (TPSA) is 140 Å². The van der Waals surface area contributed by atoms with Gasteiger partial charge in [0.25, 0.3) is 0 Å². The molecule has 2 aromatic heterocycles. The van der Waals surface area contributed by atoms with E-state index in [9.17, 15) is 9.59 Å². The maximum absolute atomic E-state index is 12.9. The summed E-state index contributed by atoms with van der Waals surface area (Å²) in [5, 5.41) is 11.8. The molecule has 40 heavy (non-hydrogen) atoms. The molecule has 0 fully saturated rings. The van der Waals surface area contributed by atoms with Gasteiger partial charge in [-0.05, 0) is 54.3 Å². The van der Waals surface area contributed by atoms with Crippen molar-refractivity contribution in [1.29, 1.82) is 0 Å². The summed E-state index contributed by atoms with van der Waals surface area (Å²) < 4.78 is 0. The van der Waals surface area contributed by atoms with Crippen molar-refractivity contribution in [3.63, 3.8) is 0 Å². The molecule has 10 heteroatoms. The Bertz CT molecular complexity index is 1450. The number of rotatable bonds is 8. The van der Waals surface area contributed by atoms with E-state index in [1.165, 1.54) is 0 Å². The molecule has 0 aliphatic rings. The van der Waals surface area contributed by atoms with Crippen molar-refractivity contribution in [2.75, 3.05) is 10.6 Å². The summed E-state index contributed by atoms with van der Waals surface area (Å²) in [6, 6.07) is 21.2. The number of aromatic nitrogens is 4. The zero-order valence-corrected chi connectivity index (χ0v) is 22.9. The first kappa shape index (κ1) is 26.7. The Balaban J connectivity index is 1.22. The number of fused-ring (bicyclic) bond motifs is 2. The Labute approximate surface area is 232 Å². The van der Waals surface area contributed by atoms with Crippen molar-refractivity contribution in [3.8, 4) is 0 Å². The fourth-order valence-corrected chi connectivity index (χ4v) is 4.63. The monoisotopic (exact) mass is 538 g/mol. The van der Waals surface area contributed by atoms with Crippen LogP contribution in [0.3, 0.4) is 0 Å². The quantitative estimate of drug-likeness (QED) is 0.135. The number of nitrogens with zero attached hydrogens (tertiary/aromatic N) is 2. The number of benzene rings is 3. The molecule has 5 aromatic rings. The van der Waals surface area contributed by atoms with Gasteiger partial charge in [-0.25, -0.2) is 19.6 Å². The molecule has 0 aliphatic heterocycles. The zero-order chi connectivity index (χ0) is 28.2. The summed E-state index contributed by atoms with van der Waals surface area (Å²) in [5.74, 6) is 1.59. The molecule has 6 N–H and O–H groups in total. The van der Waals surface area contributed by atoms with Gasteiger partial charge in [0, 0.05) is 11.4 Å². The Morgan fingerprint density at radius 2 is 1.05 bits per heavy atom. The van der Waals surface area contributed by atoms with E-state index >= 15 is 0 Å². The normalized spacial score (nSPS) is 12.9. The summed E-state index contributed by atoms with van der Waals surface area (Å²) in [6.07, 6.45) is 0. The second-order valence-electron chi connectivity index (χ2n) is 10.5. The van der Waals surface area contributed by atoms with Crippen LogP contribution in [0.15, 0.2) is 72.8 Å². The first-order chi connectivity index (χ1) is 19.3. The van der Waals surface area contributed by atoms with Gasteiger partial charge in [0.2, 0.25) is 0 Å². The standard InChI is InChI=1S/C30H34N8O2/c1-17(2)25(27-33-21-12-5-6-13-22(21)34-27)37-29(39)31-19-10-9-11-20(16-19)32-30(40)38-26(18(3)4)28-35-23-14-7-8-15-24(23)36-28/h5-18,25-26H,1-4H3,(H,33,34)(H,35,36)(H2,31,37,39)(H2,32,38,40)/t25-,26-/m0/s1. The first-order valence-electron chi connectivity index (χ1n) is 13.4. The summed E-state index contributed by atoms with van der Waals surface area (Å²) >= 11 is 0. The van der Waals surface area contributed by atoms with E-state index in [1.54, 1.807) is 24.3 Å². The second-order valence-corrected chi connectivity index (χ2v) is 10.5. The van der Waals surface area contributed by atoms with Gasteiger partial charge in [0.15, 0.2) is 0 Å². The number of carbonyl (C=O) groups excluding carboxylic acids is 2. The third-order valence-electron chi connectivity index (χ3n) is 6.69. The van der Waals surface area contributed by atoms with Gasteiger partial charge >= 0.3 is 12.1 Å². The molecule has 4 amide bonds. The highest BCUT2D eigenvalue weighted by Gasteiger charge is 2.23. The van der Waals surface area contributed by atoms with Gasteiger partial charge in [-0.1, -0.05) is 58.0 Å². The summed E-state index contributed by atoms with van der Waals surface area (Å²) in [6.45, 7) is 8.10. The number of nitrogens with one attached hydrogen (secondary N) is 6. The molecule has 206 valence electrons. The highest BCUT2D eigenvalue weighted by molar-refractivity contribution is 5.93. The SMILES string of the molecule is CC(C)[C@H](NC(=O)Nc1cccc(NC(=O)N[C@H](c2nc3ccccc3[nH]2)C(C)C)c1)c1nc2ccccc2[nH]1. The predicted octanol–water partition coefficient (Wildman–Crippen LogP) is 6.48. The van der Waals surface area contributed by atoms with E-state index < -0.39 is 0 Å². The van der Waals surface area contributed by atoms with Crippen molar-refractivity contribution in [2.45, 2.75) is 39.8 Å². The number of anilines is 2. The fourth-order valence-electron chi connectivity index (χ4n) is 4.63. The molecule has 3 aromatic carbocycles. The van der Waals surface area contributed by atoms with Crippen LogP contribution in [-0.2, 0) is 0 Å². The second kappa shape index (κ2) is 11.5. The van der Waals surface area contributed by atoms with E-state index in [1.807, 2.05) is 76.2 Å². The highest BCUT2D eigenvalue weighted by atomic mass is 16.2. The summed E-state index contributed by atoms with van der Waals surface area (Å²) in [4.78, 5) is 41.8. The number of aromatic amines is 2. The zero-order valence-electron chi connectivity index (χ0n) is 22.9. The maximum Gasteiger partial charge on any atom is 0.319 e. The minimum Gasteiger partial charge on any atom is -0.340 e. The molecular formula is C30H34N8O2. The van der Waals surface area contributed by atoms with E-state index in [4.69, 9.17) is 0 Å². The fraction of sp³-hybridized carbons (Fsp3) is 0.267. The van der Waals surface area contributed by atoms with Gasteiger partial charge in [-0.3, -0.25) is 0 Å². The van der Waals surface area contributed by atoms with Crippen LogP contribution in [0.25, 0.3) is 22.1 Å². The van der Waals surface area contributed by atoms with Gasteiger partial charge < -0.3 is 31.2 Å². The van der Waals surface area contributed by atoms with Crippen molar-refractivity contribution >= 4 is 45.5 Å². The van der Waals surface area contributed by atoms with Crippen LogP contribution in [-0.4, -0.2) is 32.0 Å². The smallest absolute Gasteiger partial charge is 0.319 e. The van der Waals surface area contributed by atoms with E-state index in [0.29, 0.717) is 23.0 Å². The van der Waals surface area contributed by atoms with Crippen LogP contribution < -0.4 is 21.3 Å². The van der Waals surface area contributed by atoms with Gasteiger partial charge in [0.1, 0.15) is 11.6 Å². The lowest BCUT2D eigenvalue weighted by Gasteiger charge is -2.21. The van der Waals surface area contributed by atoms with E-state index in [2.05, 4.69) is 41.2 Å². The van der Waals surface area contributed by atoms with Crippen molar-refractivity contribution < 1.29 is 9.59 Å². The van der Waals surface area contributed by atoms with Crippen molar-refractivity contribution in [3.05, 3.63) is 84.4 Å². The van der Waals surface area contributed by atoms with Crippen LogP contribution in [0, 0.1) is 11.8 Å². The Hall–Kier alpha value is -4.86. The van der Waals surface area contributed by atoms with Crippen LogP contribution >= 0.6 is 0 Å². The largest absolute Gasteiger partial charge is 0.340 e. The molecule has 2 atom stereocenters. The third kappa shape index (κ3) is 6.06. The van der Waals surface area contributed by atoms with Gasteiger partial charge in [-0.15, -0.1) is 0 Å². The number of carbonyl (C=O) groups is 2. The predicted molar refractivity (Wildman–Crippen MR) is 158 cm³/mol. The van der Waals surface area contributed by atoms with Gasteiger partial charge in [-0.2, -0.15) is 0 Å². The lowest BCUT2D eigenvalue weighted by Crippen LogP contribution is -2.36. The van der Waals surface area contributed by atoms with E-state index in [0.717, 1.165) is 22.1 Å². The lowest BCUT2D eigenvalue weighted by molar-refractivity contribution is 0.243. The molecule has 0 radical (unpaired) electrons. The minimum absolute atomic E-state index is 0.101. The number of para-hydroxylation sites is 4. The minimum atomic E-state index is -0.370. The molecule has 5 rings (SSSR count). The van der Waals surface area contributed by atoms with Crippen molar-refractivity contribution in [1.82, 2.24) is 30.6 Å². The third-order valence-corrected chi connectivity index (χ3v) is 6.69. The molecule has 10 nitrogen and oxygen atoms in total. The average molecular weight is 539 g/mol. The number of H-pyrrole nitrogens is 2. The highest BCUT2D eigenvalue weighted by Crippen LogP contribution is 2.24. The number of hydrogen-bond donors (Lipinski definition) is 6. The summed E-state index contributed by atoms with van der Waals surface area (Å²) in [5.41, 5.74) is 4.62. The number of amides is 4. The van der Waals surface area contributed by atoms with Crippen molar-refractivity contribution in [2.24, 2.45) is 11.8 Å². The number of imidazole rings is 2. The molecule has 0 saturated carbocycles. The Morgan fingerprint density at radius 3 is 1.45 bits per heavy atom. The summed E-state index contributed by atoms with van der Waals surface area (Å²) in [7, 11) is 0. The average Bonchev–Trinajstić information content (AvgIpc) is 3.54. The molecule has 2 heterocycles. The molecule has 0 aliphatic carbocycles. The molecule has 0 bridgehead atoms. The van der Waals surface area contributed by atoms with Crippen LogP contribution in [0.5, 0.6) is 0 Å². The van der Waals surface area contributed by atoms with E-state index in [-0.39, 0.29) is 36.0 Å². The van der Waals surface area contributed by atoms with Crippen LogP contribution in [0.1, 0.15) is 51.4 Å². The lowest BCUT2D eigenvalue weighted by atomic mass is 10.0. The van der Waals surface area contributed by atoms with Gasteiger partial charge in [0.05, 0.1) is 34.2 Å². The Kier molecular flexibility index (Phi) is 7.68. The molecule has 0 spiro atoms. The maximum atomic E-state index is 12.9. The number of hydrogen-bond acceptors (Lipinski definition) is 4. The molecule has 0 unspecified atom stereocenters. The Morgan fingerprint density at radius 1 is 0.625 bits per heavy atom. The van der Waals surface area contributed by atoms with Crippen LogP contribution in [0.2, 0.25) is 0 Å². The first-order valence-corrected chi connectivity index (χ1v) is 13.4. The van der Waals surface area contributed by atoms with Crippen LogP contribution in [0.4, 0.5) is 21.0 Å². The number of urea groups is 2. The molecule has 0 saturated heterocycles. The molecular weight excluding hydrogens is 504 g/mol.